The summed E-state index contributed by atoms with van der Waals surface area (Å²) in [5.41, 5.74) is 10.2. The largest absolute Gasteiger partial charge is 0.394 e. The Morgan fingerprint density at radius 1 is 0.763 bits per heavy atom. The van der Waals surface area contributed by atoms with Crippen LogP contribution in [0.1, 0.15) is 93.7 Å². The van der Waals surface area contributed by atoms with Crippen molar-refractivity contribution in [1.82, 2.24) is 47.2 Å². The van der Waals surface area contributed by atoms with Crippen molar-refractivity contribution in [2.75, 3.05) is 13.2 Å². The summed E-state index contributed by atoms with van der Waals surface area (Å²) in [7, 11) is 0. The molecule has 1 aromatic rings. The topological polar surface area (TPSA) is 334 Å². The van der Waals surface area contributed by atoms with Crippen LogP contribution in [-0.4, -0.2) is 124 Å². The summed E-state index contributed by atoms with van der Waals surface area (Å²) in [6.07, 6.45) is 4.29. The highest BCUT2D eigenvalue weighted by molar-refractivity contribution is 5.97. The number of amides is 7. The molecule has 0 aliphatic rings. The van der Waals surface area contributed by atoms with Crippen LogP contribution in [0.25, 0.3) is 0 Å². The van der Waals surface area contributed by atoms with Gasteiger partial charge in [-0.25, -0.2) is 4.98 Å². The summed E-state index contributed by atoms with van der Waals surface area (Å²) >= 11 is 0. The monoisotopic (exact) mass is 835 g/mol. The first-order valence-electron chi connectivity index (χ1n) is 19.7. The number of aliphatic hydroxyl groups is 1. The van der Waals surface area contributed by atoms with Crippen molar-refractivity contribution in [3.8, 4) is 0 Å². The number of carbonyl (C=O) groups is 8. The summed E-state index contributed by atoms with van der Waals surface area (Å²) in [5, 5.41) is 27.9. The van der Waals surface area contributed by atoms with Gasteiger partial charge in [0.2, 0.25) is 41.4 Å². The van der Waals surface area contributed by atoms with Crippen molar-refractivity contribution >= 4 is 53.6 Å². The van der Waals surface area contributed by atoms with Crippen LogP contribution in [-0.2, 0) is 44.8 Å². The summed E-state index contributed by atoms with van der Waals surface area (Å²) < 4.78 is 0. The lowest BCUT2D eigenvalue weighted by Crippen LogP contribution is -2.62. The minimum Gasteiger partial charge on any atom is -0.394 e. The summed E-state index contributed by atoms with van der Waals surface area (Å²) in [4.78, 5) is 115. The van der Waals surface area contributed by atoms with Gasteiger partial charge in [0.1, 0.15) is 42.5 Å². The maximum absolute atomic E-state index is 14.0. The number of aromatic nitrogens is 2. The van der Waals surface area contributed by atoms with Gasteiger partial charge in [0.25, 0.3) is 0 Å². The standard InChI is InChI=1S/C38H66N12O9/c1-20(2)13-26(32(55)44-22(5)31(54)46-24(17-51)11-10-12-42-37(39)40)49-36(59)30(38(7,8)9)50-34(57)27(14-21(3)4)47-33(56)28(15-25-16-41-19-43-25)48-35(58)29(18-52)45-23(6)53/h16-17,19-22,24,26-30,52H,10-15,18H2,1-9H3,(H,41,43)(H,44,55)(H,45,53)(H,46,54)(H,47,56)(H,48,58)(H,49,59)(H,50,57)(H4,39,40,42)/t22-,24-,26-,27-,28-,29-,30+/m0/s1. The van der Waals surface area contributed by atoms with Crippen molar-refractivity contribution < 1.29 is 43.5 Å². The fraction of sp³-hybridized carbons (Fsp3) is 0.684. The molecule has 332 valence electrons. The van der Waals surface area contributed by atoms with Crippen molar-refractivity contribution in [2.45, 2.75) is 137 Å². The Labute approximate surface area is 345 Å². The van der Waals surface area contributed by atoms with Gasteiger partial charge in [-0.15, -0.1) is 0 Å². The van der Waals surface area contributed by atoms with E-state index in [0.29, 0.717) is 18.4 Å². The van der Waals surface area contributed by atoms with Gasteiger partial charge in [-0.05, 0) is 49.9 Å². The van der Waals surface area contributed by atoms with Crippen LogP contribution in [0, 0.1) is 17.3 Å². The number of imidazole rings is 1. The van der Waals surface area contributed by atoms with Gasteiger partial charge in [0, 0.05) is 31.8 Å². The lowest BCUT2D eigenvalue weighted by molar-refractivity contribution is -0.137. The Bertz CT molecular complexity index is 1590. The van der Waals surface area contributed by atoms with Crippen LogP contribution in [0.3, 0.4) is 0 Å². The minimum absolute atomic E-state index is 0.0865. The van der Waals surface area contributed by atoms with Crippen molar-refractivity contribution in [3.63, 3.8) is 0 Å². The van der Waals surface area contributed by atoms with Gasteiger partial charge >= 0.3 is 0 Å². The van der Waals surface area contributed by atoms with E-state index in [0.717, 1.165) is 0 Å². The maximum atomic E-state index is 14.0. The van der Waals surface area contributed by atoms with Gasteiger partial charge in [0.15, 0.2) is 5.96 Å². The van der Waals surface area contributed by atoms with Gasteiger partial charge in [-0.3, -0.25) is 38.6 Å². The zero-order valence-corrected chi connectivity index (χ0v) is 35.6. The number of carbonyl (C=O) groups excluding carboxylic acids is 8. The number of aldehydes is 1. The van der Waals surface area contributed by atoms with Gasteiger partial charge in [-0.2, -0.15) is 0 Å². The average Bonchev–Trinajstić information content (AvgIpc) is 3.64. The quantitative estimate of drug-likeness (QED) is 0.0216. The molecule has 0 bridgehead atoms. The Morgan fingerprint density at radius 2 is 1.29 bits per heavy atom. The predicted octanol–water partition coefficient (Wildman–Crippen LogP) is -2.23. The first-order valence-corrected chi connectivity index (χ1v) is 19.7. The highest BCUT2D eigenvalue weighted by Gasteiger charge is 2.38. The van der Waals surface area contributed by atoms with E-state index in [9.17, 15) is 43.5 Å². The number of aromatic amines is 1. The maximum Gasteiger partial charge on any atom is 0.245 e. The molecule has 0 spiro atoms. The molecular formula is C38H66N12O9. The molecule has 21 heteroatoms. The molecule has 0 fully saturated rings. The number of nitrogens with two attached hydrogens (primary N) is 2. The Morgan fingerprint density at radius 3 is 1.76 bits per heavy atom. The normalized spacial score (nSPS) is 14.9. The van der Waals surface area contributed by atoms with E-state index in [1.807, 2.05) is 27.7 Å². The summed E-state index contributed by atoms with van der Waals surface area (Å²) in [6, 6.07) is -8.11. The number of H-pyrrole nitrogens is 1. The van der Waals surface area contributed by atoms with E-state index in [-0.39, 0.29) is 50.0 Å². The molecule has 0 aliphatic heterocycles. The fourth-order valence-electron chi connectivity index (χ4n) is 5.77. The lowest BCUT2D eigenvalue weighted by Gasteiger charge is -2.34. The van der Waals surface area contributed by atoms with Crippen molar-refractivity contribution in [1.29, 1.82) is 0 Å². The zero-order valence-electron chi connectivity index (χ0n) is 35.6. The van der Waals surface area contributed by atoms with E-state index >= 15 is 0 Å². The van der Waals surface area contributed by atoms with Crippen LogP contribution >= 0.6 is 0 Å². The third-order valence-corrected chi connectivity index (χ3v) is 8.79. The number of hydrogen-bond donors (Lipinski definition) is 11. The molecule has 59 heavy (non-hydrogen) atoms. The average molecular weight is 835 g/mol. The van der Waals surface area contributed by atoms with E-state index in [4.69, 9.17) is 11.5 Å². The molecule has 0 saturated carbocycles. The second-order valence-corrected chi connectivity index (χ2v) is 16.4. The molecule has 1 rings (SSSR count). The van der Waals surface area contributed by atoms with Crippen molar-refractivity contribution in [3.05, 3.63) is 18.2 Å². The zero-order chi connectivity index (χ0) is 45.0. The fourth-order valence-corrected chi connectivity index (χ4v) is 5.77. The van der Waals surface area contributed by atoms with Crippen LogP contribution in [0.5, 0.6) is 0 Å². The van der Waals surface area contributed by atoms with Crippen LogP contribution < -0.4 is 48.7 Å². The summed E-state index contributed by atoms with van der Waals surface area (Å²) in [6.45, 7) is 14.6. The molecule has 21 nitrogen and oxygen atoms in total. The number of rotatable bonds is 25. The van der Waals surface area contributed by atoms with Crippen LogP contribution in [0.2, 0.25) is 0 Å². The molecule has 0 aromatic carbocycles. The molecular weight excluding hydrogens is 768 g/mol. The SMILES string of the molecule is CC(=O)N[C@@H](CO)C(=O)N[C@@H](Cc1cnc[nH]1)C(=O)N[C@@H](CC(C)C)C(=O)N[C@H](C(=O)N[C@@H](CC(C)C)C(=O)N[C@@H](C)C(=O)N[C@H](C=O)CCCN=C(N)N)C(C)(C)C. The van der Waals surface area contributed by atoms with Crippen LogP contribution in [0.15, 0.2) is 17.5 Å². The lowest BCUT2D eigenvalue weighted by atomic mass is 9.85. The number of aliphatic hydroxyl groups excluding tert-OH is 1. The molecule has 1 aromatic heterocycles. The van der Waals surface area contributed by atoms with Gasteiger partial charge < -0.3 is 63.6 Å². The van der Waals surface area contributed by atoms with Crippen molar-refractivity contribution in [2.24, 2.45) is 33.7 Å². The van der Waals surface area contributed by atoms with E-state index in [1.165, 1.54) is 26.4 Å². The van der Waals surface area contributed by atoms with E-state index in [2.05, 4.69) is 52.2 Å². The third kappa shape index (κ3) is 19.6. The smallest absolute Gasteiger partial charge is 0.245 e. The summed E-state index contributed by atoms with van der Waals surface area (Å²) in [5.74, 6) is -5.19. The molecule has 0 aliphatic carbocycles. The molecule has 0 unspecified atom stereocenters. The van der Waals surface area contributed by atoms with Gasteiger partial charge in [-0.1, -0.05) is 48.5 Å². The third-order valence-electron chi connectivity index (χ3n) is 8.79. The number of nitrogens with zero attached hydrogens (tertiary/aromatic N) is 2. The highest BCUT2D eigenvalue weighted by atomic mass is 16.3. The molecule has 13 N–H and O–H groups in total. The molecule has 0 radical (unpaired) electrons. The number of nitrogens with one attached hydrogen (secondary N) is 8. The second-order valence-electron chi connectivity index (χ2n) is 16.4. The molecule has 7 amide bonds. The minimum atomic E-state index is -1.35. The van der Waals surface area contributed by atoms with Gasteiger partial charge in [0.05, 0.1) is 19.0 Å². The molecule has 0 saturated heterocycles. The highest BCUT2D eigenvalue weighted by Crippen LogP contribution is 2.21. The second kappa shape index (κ2) is 25.0. The first-order chi connectivity index (χ1) is 27.5. The van der Waals surface area contributed by atoms with Crippen LogP contribution in [0.4, 0.5) is 0 Å². The Hall–Kier alpha value is -5.60. The molecule has 7 atom stereocenters. The number of hydrogen-bond acceptors (Lipinski definition) is 11. The number of guanidine groups is 1. The Kier molecular flexibility index (Phi) is 21.8. The first kappa shape index (κ1) is 51.4. The van der Waals surface area contributed by atoms with E-state index < -0.39 is 95.7 Å². The predicted molar refractivity (Wildman–Crippen MR) is 219 cm³/mol. The molecule has 1 heterocycles. The Balaban J connectivity index is 3.24. The van der Waals surface area contributed by atoms with E-state index in [1.54, 1.807) is 20.8 Å². The number of aliphatic imine (C=N–C) groups is 1.